The van der Waals surface area contributed by atoms with E-state index in [0.29, 0.717) is 6.54 Å². The van der Waals surface area contributed by atoms with Gasteiger partial charge in [0.1, 0.15) is 12.1 Å². The summed E-state index contributed by atoms with van der Waals surface area (Å²) in [5.74, 6) is 0.790. The smallest absolute Gasteiger partial charge is 0.239 e. The van der Waals surface area contributed by atoms with Crippen molar-refractivity contribution in [2.24, 2.45) is 0 Å². The molecule has 1 amide bonds. The van der Waals surface area contributed by atoms with Gasteiger partial charge in [-0.05, 0) is 45.6 Å². The van der Waals surface area contributed by atoms with Crippen molar-refractivity contribution in [3.8, 4) is 0 Å². The summed E-state index contributed by atoms with van der Waals surface area (Å²) in [6, 6.07) is 7.81. The summed E-state index contributed by atoms with van der Waals surface area (Å²) in [6.07, 6.45) is 3.61. The van der Waals surface area contributed by atoms with Gasteiger partial charge in [-0.3, -0.25) is 4.79 Å². The fraction of sp³-hybridized carbons (Fsp3) is 0.471. The van der Waals surface area contributed by atoms with E-state index < -0.39 is 0 Å². The van der Waals surface area contributed by atoms with E-state index in [1.54, 1.807) is 0 Å². The lowest BCUT2D eigenvalue weighted by atomic mass is 10.2. The highest BCUT2D eigenvalue weighted by Crippen LogP contribution is 2.20. The zero-order valence-corrected chi connectivity index (χ0v) is 14.1. The van der Waals surface area contributed by atoms with Crippen LogP contribution in [0.5, 0.6) is 0 Å². The number of aromatic nitrogens is 2. The van der Waals surface area contributed by atoms with Crippen LogP contribution in [0, 0.1) is 0 Å². The Bertz CT molecular complexity index is 638. The number of nitrogens with zero attached hydrogens (tertiary/aromatic N) is 4. The van der Waals surface area contributed by atoms with E-state index in [1.807, 2.05) is 36.2 Å². The number of anilines is 1. The van der Waals surface area contributed by atoms with Crippen LogP contribution >= 0.6 is 0 Å². The quantitative estimate of drug-likeness (QED) is 0.749. The maximum Gasteiger partial charge on any atom is 0.239 e. The molecule has 23 heavy (non-hydrogen) atoms. The molecule has 0 aliphatic rings. The van der Waals surface area contributed by atoms with Gasteiger partial charge in [0.2, 0.25) is 5.91 Å². The second-order valence-electron chi connectivity index (χ2n) is 5.93. The largest absolute Gasteiger partial charge is 0.355 e. The van der Waals surface area contributed by atoms with E-state index in [2.05, 4.69) is 34.3 Å². The number of unbranched alkanes of at least 4 members (excludes halogenated alkanes) is 1. The molecular weight excluding hydrogens is 290 g/mol. The first kappa shape index (κ1) is 17.1. The molecule has 2 aromatic rings. The second-order valence-corrected chi connectivity index (χ2v) is 5.93. The molecule has 124 valence electrons. The SMILES string of the molecule is CN(C)CCCCNC(=O)CN(C)c1ncnc2ccccc12. The van der Waals surface area contributed by atoms with Crippen molar-refractivity contribution >= 4 is 22.6 Å². The molecule has 2 rings (SSSR count). The third kappa shape index (κ3) is 5.17. The standard InChI is InChI=1S/C17H25N5O/c1-21(2)11-7-6-10-18-16(23)12-22(3)17-14-8-4-5-9-15(14)19-13-20-17/h4-5,8-9,13H,6-7,10-12H2,1-3H3,(H,18,23). The van der Waals surface area contributed by atoms with Gasteiger partial charge in [0.15, 0.2) is 0 Å². The minimum Gasteiger partial charge on any atom is -0.355 e. The molecule has 6 nitrogen and oxygen atoms in total. The van der Waals surface area contributed by atoms with E-state index in [4.69, 9.17) is 0 Å². The fourth-order valence-electron chi connectivity index (χ4n) is 2.42. The summed E-state index contributed by atoms with van der Waals surface area (Å²) in [6.45, 7) is 2.04. The third-order valence-electron chi connectivity index (χ3n) is 3.62. The van der Waals surface area contributed by atoms with Crippen molar-refractivity contribution in [3.05, 3.63) is 30.6 Å². The Labute approximate surface area is 137 Å². The lowest BCUT2D eigenvalue weighted by Gasteiger charge is -2.19. The van der Waals surface area contributed by atoms with Crippen LogP contribution in [0.4, 0.5) is 5.82 Å². The van der Waals surface area contributed by atoms with Gasteiger partial charge in [0, 0.05) is 19.0 Å². The molecule has 6 heteroatoms. The van der Waals surface area contributed by atoms with Crippen molar-refractivity contribution < 1.29 is 4.79 Å². The van der Waals surface area contributed by atoms with Gasteiger partial charge >= 0.3 is 0 Å². The summed E-state index contributed by atoms with van der Waals surface area (Å²) in [5, 5.41) is 3.92. The Morgan fingerprint density at radius 3 is 2.70 bits per heavy atom. The predicted molar refractivity (Wildman–Crippen MR) is 93.6 cm³/mol. The van der Waals surface area contributed by atoms with Crippen molar-refractivity contribution in [2.75, 3.05) is 45.7 Å². The molecule has 0 aliphatic heterocycles. The molecule has 0 atom stereocenters. The van der Waals surface area contributed by atoms with Crippen LogP contribution in [0.15, 0.2) is 30.6 Å². The topological polar surface area (TPSA) is 61.4 Å². The summed E-state index contributed by atoms with van der Waals surface area (Å²) >= 11 is 0. The number of benzene rings is 1. The zero-order valence-electron chi connectivity index (χ0n) is 14.1. The number of amides is 1. The third-order valence-corrected chi connectivity index (χ3v) is 3.62. The number of carbonyl (C=O) groups is 1. The van der Waals surface area contributed by atoms with Gasteiger partial charge in [-0.25, -0.2) is 9.97 Å². The van der Waals surface area contributed by atoms with Crippen LogP contribution < -0.4 is 10.2 Å². The molecule has 0 fully saturated rings. The summed E-state index contributed by atoms with van der Waals surface area (Å²) in [7, 11) is 5.99. The van der Waals surface area contributed by atoms with Gasteiger partial charge in [0.25, 0.3) is 0 Å². The Morgan fingerprint density at radius 1 is 1.13 bits per heavy atom. The number of likely N-dealkylation sites (N-methyl/N-ethyl adjacent to an activating group) is 1. The average molecular weight is 315 g/mol. The monoisotopic (exact) mass is 315 g/mol. The number of fused-ring (bicyclic) bond motifs is 1. The molecule has 0 spiro atoms. The van der Waals surface area contributed by atoms with Crippen LogP contribution in [-0.2, 0) is 4.79 Å². The lowest BCUT2D eigenvalue weighted by Crippen LogP contribution is -2.36. The van der Waals surface area contributed by atoms with E-state index >= 15 is 0 Å². The first-order valence-corrected chi connectivity index (χ1v) is 7.90. The van der Waals surface area contributed by atoms with Crippen LogP contribution in [-0.4, -0.2) is 61.6 Å². The Balaban J connectivity index is 1.86. The minimum absolute atomic E-state index is 0.0139. The van der Waals surface area contributed by atoms with Crippen molar-refractivity contribution in [3.63, 3.8) is 0 Å². The van der Waals surface area contributed by atoms with Crippen LogP contribution in [0.1, 0.15) is 12.8 Å². The molecule has 1 aromatic carbocycles. The summed E-state index contributed by atoms with van der Waals surface area (Å²) in [4.78, 5) is 24.6. The van der Waals surface area contributed by atoms with Gasteiger partial charge in [-0.1, -0.05) is 12.1 Å². The normalized spacial score (nSPS) is 11.0. The molecule has 0 aliphatic carbocycles. The van der Waals surface area contributed by atoms with Crippen molar-refractivity contribution in [1.29, 1.82) is 0 Å². The van der Waals surface area contributed by atoms with Crippen LogP contribution in [0.25, 0.3) is 10.9 Å². The first-order chi connectivity index (χ1) is 11.1. The van der Waals surface area contributed by atoms with Crippen molar-refractivity contribution in [2.45, 2.75) is 12.8 Å². The number of hydrogen-bond donors (Lipinski definition) is 1. The second kappa shape index (κ2) is 8.43. The lowest BCUT2D eigenvalue weighted by molar-refractivity contribution is -0.119. The Kier molecular flexibility index (Phi) is 6.29. The number of rotatable bonds is 8. The fourth-order valence-corrected chi connectivity index (χ4v) is 2.42. The zero-order chi connectivity index (χ0) is 16.7. The predicted octanol–water partition coefficient (Wildman–Crippen LogP) is 1.52. The van der Waals surface area contributed by atoms with Crippen molar-refractivity contribution in [1.82, 2.24) is 20.2 Å². The van der Waals surface area contributed by atoms with Crippen LogP contribution in [0.2, 0.25) is 0 Å². The summed E-state index contributed by atoms with van der Waals surface area (Å²) in [5.41, 5.74) is 0.883. The number of hydrogen-bond acceptors (Lipinski definition) is 5. The molecule has 1 aromatic heterocycles. The van der Waals surface area contributed by atoms with Gasteiger partial charge in [-0.2, -0.15) is 0 Å². The number of para-hydroxylation sites is 1. The van der Waals surface area contributed by atoms with Crippen LogP contribution in [0.3, 0.4) is 0 Å². The molecule has 1 heterocycles. The summed E-state index contributed by atoms with van der Waals surface area (Å²) < 4.78 is 0. The number of nitrogens with one attached hydrogen (secondary N) is 1. The highest BCUT2D eigenvalue weighted by Gasteiger charge is 2.11. The maximum absolute atomic E-state index is 12.1. The first-order valence-electron chi connectivity index (χ1n) is 7.90. The molecule has 0 saturated carbocycles. The highest BCUT2D eigenvalue weighted by atomic mass is 16.2. The molecule has 0 saturated heterocycles. The molecule has 1 N–H and O–H groups in total. The van der Waals surface area contributed by atoms with E-state index in [-0.39, 0.29) is 12.5 Å². The van der Waals surface area contributed by atoms with E-state index in [0.717, 1.165) is 36.1 Å². The molecule has 0 radical (unpaired) electrons. The van der Waals surface area contributed by atoms with Gasteiger partial charge < -0.3 is 15.1 Å². The maximum atomic E-state index is 12.1. The number of carbonyl (C=O) groups excluding carboxylic acids is 1. The highest BCUT2D eigenvalue weighted by molar-refractivity contribution is 5.91. The Hall–Kier alpha value is -2.21. The van der Waals surface area contributed by atoms with Gasteiger partial charge in [0.05, 0.1) is 12.1 Å². The molecule has 0 bridgehead atoms. The minimum atomic E-state index is 0.0139. The molecule has 0 unspecified atom stereocenters. The van der Waals surface area contributed by atoms with Gasteiger partial charge in [-0.15, -0.1) is 0 Å². The molecular formula is C17H25N5O. The average Bonchev–Trinajstić information content (AvgIpc) is 2.53. The Morgan fingerprint density at radius 2 is 1.91 bits per heavy atom. The van der Waals surface area contributed by atoms with E-state index in [1.165, 1.54) is 6.33 Å². The van der Waals surface area contributed by atoms with E-state index in [9.17, 15) is 4.79 Å².